The number of carbonyl (C=O) groups is 1. The number of hydrogen-bond donors (Lipinski definition) is 2. The third-order valence-electron chi connectivity index (χ3n) is 5.01. The van der Waals surface area contributed by atoms with Gasteiger partial charge in [-0.1, -0.05) is 31.4 Å². The van der Waals surface area contributed by atoms with Crippen molar-refractivity contribution in [1.29, 1.82) is 0 Å². The number of aryl methyl sites for hydroxylation is 1. The number of anilines is 1. The molecule has 3 rings (SSSR count). The van der Waals surface area contributed by atoms with Gasteiger partial charge < -0.3 is 5.32 Å². The molecule has 2 N–H and O–H groups in total. The van der Waals surface area contributed by atoms with Gasteiger partial charge in [0.05, 0.1) is 15.5 Å². The Balaban J connectivity index is 1.82. The fourth-order valence-corrected chi connectivity index (χ4v) is 4.50. The van der Waals surface area contributed by atoms with Gasteiger partial charge in [0.25, 0.3) is 21.6 Å². The molecule has 154 valence electrons. The molecule has 8 nitrogen and oxygen atoms in total. The van der Waals surface area contributed by atoms with Gasteiger partial charge in [-0.25, -0.2) is 8.42 Å². The Morgan fingerprint density at radius 2 is 1.83 bits per heavy atom. The molecule has 0 aromatic heterocycles. The van der Waals surface area contributed by atoms with Crippen LogP contribution in [0.4, 0.5) is 11.4 Å². The molecular weight excluding hydrogens is 394 g/mol. The van der Waals surface area contributed by atoms with Gasteiger partial charge in [-0.15, -0.1) is 0 Å². The summed E-state index contributed by atoms with van der Waals surface area (Å²) in [7, 11) is -4.01. The largest absolute Gasteiger partial charge is 0.349 e. The Morgan fingerprint density at radius 3 is 2.52 bits per heavy atom. The van der Waals surface area contributed by atoms with Crippen LogP contribution < -0.4 is 10.0 Å². The van der Waals surface area contributed by atoms with Crippen LogP contribution in [0.1, 0.15) is 48.0 Å². The van der Waals surface area contributed by atoms with Crippen LogP contribution in [0.3, 0.4) is 0 Å². The fourth-order valence-electron chi connectivity index (χ4n) is 3.42. The summed E-state index contributed by atoms with van der Waals surface area (Å²) in [5, 5.41) is 13.9. The molecule has 0 atom stereocenters. The molecule has 0 radical (unpaired) electrons. The molecule has 2 aromatic carbocycles. The van der Waals surface area contributed by atoms with E-state index in [2.05, 4.69) is 10.0 Å². The minimum Gasteiger partial charge on any atom is -0.349 e. The lowest BCUT2D eigenvalue weighted by Gasteiger charge is -2.23. The number of rotatable bonds is 6. The molecule has 1 fully saturated rings. The van der Waals surface area contributed by atoms with Gasteiger partial charge in [-0.2, -0.15) is 0 Å². The van der Waals surface area contributed by atoms with Gasteiger partial charge >= 0.3 is 0 Å². The molecular formula is C20H23N3O5S. The van der Waals surface area contributed by atoms with Crippen LogP contribution in [0.25, 0.3) is 0 Å². The minimum absolute atomic E-state index is 0.0768. The second-order valence-electron chi connectivity index (χ2n) is 7.20. The van der Waals surface area contributed by atoms with Crippen molar-refractivity contribution in [1.82, 2.24) is 5.32 Å². The smallest absolute Gasteiger partial charge is 0.271 e. The summed E-state index contributed by atoms with van der Waals surface area (Å²) in [6.45, 7) is 1.75. The van der Waals surface area contributed by atoms with Gasteiger partial charge in [0, 0.05) is 23.7 Å². The quantitative estimate of drug-likeness (QED) is 0.548. The lowest BCUT2D eigenvalue weighted by atomic mass is 9.95. The maximum atomic E-state index is 12.7. The number of sulfonamides is 1. The molecule has 1 saturated carbocycles. The highest BCUT2D eigenvalue weighted by Gasteiger charge is 2.21. The predicted octanol–water partition coefficient (Wildman–Crippen LogP) is 3.77. The predicted molar refractivity (Wildman–Crippen MR) is 109 cm³/mol. The Labute approximate surface area is 169 Å². The standard InChI is InChI=1S/C20H23N3O5S/c1-14-10-11-18(13-19(14)20(24)21-15-6-3-2-4-7-15)29(27,28)22-16-8-5-9-17(12-16)23(25)26/h5,8-13,15,22H,2-4,6-7H2,1H3,(H,21,24). The molecule has 2 aromatic rings. The molecule has 0 saturated heterocycles. The highest BCUT2D eigenvalue weighted by atomic mass is 32.2. The molecule has 0 heterocycles. The summed E-state index contributed by atoms with van der Waals surface area (Å²) in [5.74, 6) is -0.290. The summed E-state index contributed by atoms with van der Waals surface area (Å²) in [6, 6.07) is 9.68. The van der Waals surface area contributed by atoms with Crippen LogP contribution in [0, 0.1) is 17.0 Å². The Kier molecular flexibility index (Phi) is 6.17. The van der Waals surface area contributed by atoms with Crippen molar-refractivity contribution in [3.63, 3.8) is 0 Å². The third kappa shape index (κ3) is 5.11. The molecule has 0 aliphatic heterocycles. The Morgan fingerprint density at radius 1 is 1.10 bits per heavy atom. The van der Waals surface area contributed by atoms with E-state index < -0.39 is 14.9 Å². The van der Waals surface area contributed by atoms with Crippen molar-refractivity contribution in [2.24, 2.45) is 0 Å². The summed E-state index contributed by atoms with van der Waals surface area (Å²) in [6.07, 6.45) is 5.17. The monoisotopic (exact) mass is 417 g/mol. The summed E-state index contributed by atoms with van der Waals surface area (Å²) in [4.78, 5) is 22.9. The van der Waals surface area contributed by atoms with E-state index in [1.165, 1.54) is 36.8 Å². The maximum absolute atomic E-state index is 12.7. The van der Waals surface area contributed by atoms with Crippen LogP contribution >= 0.6 is 0 Å². The van der Waals surface area contributed by atoms with E-state index in [0.29, 0.717) is 11.1 Å². The van der Waals surface area contributed by atoms with E-state index in [9.17, 15) is 23.3 Å². The van der Waals surface area contributed by atoms with Crippen molar-refractivity contribution >= 4 is 27.3 Å². The van der Waals surface area contributed by atoms with Gasteiger partial charge in [-0.05, 0) is 43.5 Å². The molecule has 1 aliphatic rings. The summed E-state index contributed by atoms with van der Waals surface area (Å²) in [5.41, 5.74) is 0.833. The van der Waals surface area contributed by atoms with Gasteiger partial charge in [0.15, 0.2) is 0 Å². The second-order valence-corrected chi connectivity index (χ2v) is 8.88. The lowest BCUT2D eigenvalue weighted by Crippen LogP contribution is -2.36. The first-order chi connectivity index (χ1) is 13.8. The van der Waals surface area contributed by atoms with Crippen molar-refractivity contribution in [2.45, 2.75) is 50.0 Å². The first-order valence-electron chi connectivity index (χ1n) is 9.45. The molecule has 1 aliphatic carbocycles. The Bertz CT molecular complexity index is 1030. The van der Waals surface area contributed by atoms with E-state index in [1.54, 1.807) is 13.0 Å². The molecule has 1 amide bonds. The average molecular weight is 417 g/mol. The normalized spacial score (nSPS) is 14.9. The number of nitrogens with one attached hydrogen (secondary N) is 2. The zero-order chi connectivity index (χ0) is 21.0. The van der Waals surface area contributed by atoms with Crippen LogP contribution in [0.15, 0.2) is 47.4 Å². The number of nitrogens with zero attached hydrogens (tertiary/aromatic N) is 1. The number of hydrogen-bond acceptors (Lipinski definition) is 5. The molecule has 0 spiro atoms. The minimum atomic E-state index is -4.01. The van der Waals surface area contributed by atoms with Crippen LogP contribution in [-0.4, -0.2) is 25.3 Å². The van der Waals surface area contributed by atoms with Gasteiger partial charge in [0.1, 0.15) is 0 Å². The first-order valence-corrected chi connectivity index (χ1v) is 10.9. The Hall–Kier alpha value is -2.94. The van der Waals surface area contributed by atoms with Gasteiger partial charge in [0.2, 0.25) is 0 Å². The molecule has 0 bridgehead atoms. The lowest BCUT2D eigenvalue weighted by molar-refractivity contribution is -0.384. The second kappa shape index (κ2) is 8.60. The fraction of sp³-hybridized carbons (Fsp3) is 0.350. The van der Waals surface area contributed by atoms with Crippen LogP contribution in [0.5, 0.6) is 0 Å². The number of nitro groups is 1. The number of non-ortho nitro benzene ring substituents is 1. The van der Waals surface area contributed by atoms with Crippen molar-refractivity contribution in [2.75, 3.05) is 4.72 Å². The summed E-state index contributed by atoms with van der Waals surface area (Å²) >= 11 is 0. The van der Waals surface area contributed by atoms with Crippen LogP contribution in [0.2, 0.25) is 0 Å². The summed E-state index contributed by atoms with van der Waals surface area (Å²) < 4.78 is 27.8. The van der Waals surface area contributed by atoms with E-state index >= 15 is 0 Å². The number of nitro benzene ring substituents is 1. The van der Waals surface area contributed by atoms with E-state index in [0.717, 1.165) is 31.7 Å². The van der Waals surface area contributed by atoms with Crippen molar-refractivity contribution in [3.05, 3.63) is 63.7 Å². The highest BCUT2D eigenvalue weighted by molar-refractivity contribution is 7.92. The van der Waals surface area contributed by atoms with Crippen molar-refractivity contribution in [3.8, 4) is 0 Å². The SMILES string of the molecule is Cc1ccc(S(=O)(=O)Nc2cccc([N+](=O)[O-])c2)cc1C(=O)NC1CCCCC1. The average Bonchev–Trinajstić information content (AvgIpc) is 2.68. The third-order valence-corrected chi connectivity index (χ3v) is 6.39. The molecule has 0 unspecified atom stereocenters. The number of carbonyl (C=O) groups excluding carboxylic acids is 1. The molecule has 9 heteroatoms. The van der Waals surface area contributed by atoms with Crippen molar-refractivity contribution < 1.29 is 18.1 Å². The van der Waals surface area contributed by atoms with E-state index in [1.807, 2.05) is 0 Å². The highest BCUT2D eigenvalue weighted by Crippen LogP contribution is 2.23. The zero-order valence-electron chi connectivity index (χ0n) is 16.1. The van der Waals surface area contributed by atoms with E-state index in [4.69, 9.17) is 0 Å². The zero-order valence-corrected chi connectivity index (χ0v) is 16.9. The van der Waals surface area contributed by atoms with Gasteiger partial charge in [-0.3, -0.25) is 19.6 Å². The topological polar surface area (TPSA) is 118 Å². The number of benzene rings is 2. The maximum Gasteiger partial charge on any atom is 0.271 e. The van der Waals surface area contributed by atoms with E-state index in [-0.39, 0.29) is 28.2 Å². The molecule has 29 heavy (non-hydrogen) atoms. The number of amides is 1. The van der Waals surface area contributed by atoms with Crippen LogP contribution in [-0.2, 0) is 10.0 Å². The first kappa shape index (κ1) is 20.8.